The summed E-state index contributed by atoms with van der Waals surface area (Å²) < 4.78 is 7.52. The zero-order valence-electron chi connectivity index (χ0n) is 18.0. The van der Waals surface area contributed by atoms with Gasteiger partial charge in [0.15, 0.2) is 0 Å². The highest BCUT2D eigenvalue weighted by Gasteiger charge is 2.20. The van der Waals surface area contributed by atoms with Gasteiger partial charge in [-0.2, -0.15) is 0 Å². The third-order valence-electron chi connectivity index (χ3n) is 4.68. The van der Waals surface area contributed by atoms with Crippen molar-refractivity contribution in [3.8, 4) is 0 Å². The molecule has 6 nitrogen and oxygen atoms in total. The fraction of sp³-hybridized carbons (Fsp3) is 0.280. The Labute approximate surface area is 182 Å². The molecule has 0 aliphatic rings. The van der Waals surface area contributed by atoms with Crippen LogP contribution in [0.25, 0.3) is 10.9 Å². The minimum atomic E-state index is -1.07. The van der Waals surface area contributed by atoms with Crippen LogP contribution in [-0.4, -0.2) is 33.4 Å². The number of carbonyl (C=O) groups excluding carboxylic acids is 1. The Hall–Kier alpha value is -3.54. The first-order valence-corrected chi connectivity index (χ1v) is 10.2. The zero-order chi connectivity index (χ0) is 22.4. The lowest BCUT2D eigenvalue weighted by Crippen LogP contribution is -2.39. The number of hydrogen-bond acceptors (Lipinski definition) is 3. The Morgan fingerprint density at radius 3 is 2.45 bits per heavy atom. The summed E-state index contributed by atoms with van der Waals surface area (Å²) in [5.74, 6) is -1.07. The molecule has 1 aromatic heterocycles. The Morgan fingerprint density at radius 1 is 1.10 bits per heavy atom. The number of carboxylic acids is 1. The van der Waals surface area contributed by atoms with Crippen molar-refractivity contribution < 1.29 is 19.4 Å². The summed E-state index contributed by atoms with van der Waals surface area (Å²) >= 11 is 0. The van der Waals surface area contributed by atoms with E-state index in [0.717, 1.165) is 29.1 Å². The number of alkyl carbamates (subject to hydrolysis) is 1. The number of benzene rings is 2. The highest BCUT2D eigenvalue weighted by Crippen LogP contribution is 2.24. The van der Waals surface area contributed by atoms with Gasteiger partial charge in [0.2, 0.25) is 0 Å². The van der Waals surface area contributed by atoms with Crippen LogP contribution in [0.5, 0.6) is 0 Å². The van der Waals surface area contributed by atoms with E-state index < -0.39 is 23.7 Å². The van der Waals surface area contributed by atoms with Crippen LogP contribution in [0.15, 0.2) is 72.9 Å². The van der Waals surface area contributed by atoms with E-state index in [9.17, 15) is 9.59 Å². The molecule has 1 atom stereocenters. The summed E-state index contributed by atoms with van der Waals surface area (Å²) in [7, 11) is 0. The molecule has 0 aliphatic heterocycles. The predicted octanol–water partition coefficient (Wildman–Crippen LogP) is 4.77. The van der Waals surface area contributed by atoms with Crippen molar-refractivity contribution in [2.45, 2.75) is 45.4 Å². The Balaban J connectivity index is 1.88. The first-order chi connectivity index (χ1) is 14.7. The second kappa shape index (κ2) is 9.51. The van der Waals surface area contributed by atoms with E-state index in [4.69, 9.17) is 9.84 Å². The van der Waals surface area contributed by atoms with Gasteiger partial charge < -0.3 is 19.7 Å². The van der Waals surface area contributed by atoms with Gasteiger partial charge in [0.25, 0.3) is 0 Å². The van der Waals surface area contributed by atoms with E-state index in [1.807, 2.05) is 36.4 Å². The Bertz CT molecular complexity index is 1080. The lowest BCUT2D eigenvalue weighted by atomic mass is 10.0. The van der Waals surface area contributed by atoms with Crippen molar-refractivity contribution in [1.82, 2.24) is 9.88 Å². The standard InChI is InChI=1S/C25H28N2O4/c1-25(2,3)31-24(30)26-20(13-14-23(28)29)15-19-17-27(16-18-9-5-4-6-10-18)22-12-8-7-11-21(19)22/h4-14,17,20H,15-16H2,1-3H3,(H,26,30)(H,28,29)/t20-/m0/s1. The van der Waals surface area contributed by atoms with Crippen LogP contribution < -0.4 is 5.32 Å². The van der Waals surface area contributed by atoms with E-state index in [1.54, 1.807) is 20.8 Å². The van der Waals surface area contributed by atoms with Gasteiger partial charge in [-0.05, 0) is 44.4 Å². The van der Waals surface area contributed by atoms with Crippen molar-refractivity contribution in [3.63, 3.8) is 0 Å². The third kappa shape index (κ3) is 6.47. The normalized spacial score (nSPS) is 12.7. The number of carbonyl (C=O) groups is 2. The molecule has 2 aromatic carbocycles. The average molecular weight is 421 g/mol. The number of amides is 1. The van der Waals surface area contributed by atoms with Crippen molar-refractivity contribution in [1.29, 1.82) is 0 Å². The number of nitrogens with zero attached hydrogens (tertiary/aromatic N) is 1. The average Bonchev–Trinajstić information content (AvgIpc) is 3.03. The quantitative estimate of drug-likeness (QED) is 0.540. The van der Waals surface area contributed by atoms with Gasteiger partial charge >= 0.3 is 12.1 Å². The molecule has 0 aliphatic carbocycles. The van der Waals surface area contributed by atoms with E-state index in [2.05, 4.69) is 34.3 Å². The number of hydrogen-bond donors (Lipinski definition) is 2. The largest absolute Gasteiger partial charge is 0.478 e. The van der Waals surface area contributed by atoms with Crippen LogP contribution in [0.4, 0.5) is 4.79 Å². The molecule has 0 bridgehead atoms. The molecule has 0 saturated carbocycles. The fourth-order valence-corrected chi connectivity index (χ4v) is 3.46. The van der Waals surface area contributed by atoms with Gasteiger partial charge in [0.1, 0.15) is 5.60 Å². The molecule has 1 heterocycles. The molecule has 31 heavy (non-hydrogen) atoms. The summed E-state index contributed by atoms with van der Waals surface area (Å²) in [5.41, 5.74) is 2.64. The lowest BCUT2D eigenvalue weighted by molar-refractivity contribution is -0.131. The molecule has 0 radical (unpaired) electrons. The van der Waals surface area contributed by atoms with Gasteiger partial charge in [-0.3, -0.25) is 0 Å². The number of ether oxygens (including phenoxy) is 1. The second-order valence-corrected chi connectivity index (χ2v) is 8.44. The predicted molar refractivity (Wildman–Crippen MR) is 121 cm³/mol. The molecule has 0 spiro atoms. The van der Waals surface area contributed by atoms with Crippen LogP contribution in [0, 0.1) is 0 Å². The second-order valence-electron chi connectivity index (χ2n) is 8.44. The molecule has 3 aromatic rings. The topological polar surface area (TPSA) is 80.6 Å². The zero-order valence-corrected chi connectivity index (χ0v) is 18.0. The maximum atomic E-state index is 12.3. The minimum absolute atomic E-state index is 0.436. The molecule has 0 saturated heterocycles. The number of aliphatic carboxylic acids is 1. The third-order valence-corrected chi connectivity index (χ3v) is 4.68. The molecule has 3 rings (SSSR count). The Morgan fingerprint density at radius 2 is 1.77 bits per heavy atom. The van der Waals surface area contributed by atoms with E-state index in [-0.39, 0.29) is 0 Å². The number of nitrogens with one attached hydrogen (secondary N) is 1. The first kappa shape index (κ1) is 22.2. The molecule has 0 unspecified atom stereocenters. The van der Waals surface area contributed by atoms with Crippen molar-refractivity contribution >= 4 is 23.0 Å². The van der Waals surface area contributed by atoms with Gasteiger partial charge in [-0.1, -0.05) is 54.6 Å². The number of para-hydroxylation sites is 1. The van der Waals surface area contributed by atoms with Gasteiger partial charge in [-0.15, -0.1) is 0 Å². The lowest BCUT2D eigenvalue weighted by Gasteiger charge is -2.22. The van der Waals surface area contributed by atoms with Gasteiger partial charge in [0, 0.05) is 29.7 Å². The molecular formula is C25H28N2O4. The van der Waals surface area contributed by atoms with Crippen LogP contribution in [0.3, 0.4) is 0 Å². The minimum Gasteiger partial charge on any atom is -0.478 e. The number of aromatic nitrogens is 1. The Kier molecular flexibility index (Phi) is 6.80. The summed E-state index contributed by atoms with van der Waals surface area (Å²) in [6.45, 7) is 6.07. The number of rotatable bonds is 7. The van der Waals surface area contributed by atoms with Gasteiger partial charge in [-0.25, -0.2) is 9.59 Å². The van der Waals surface area contributed by atoms with Crippen LogP contribution in [-0.2, 0) is 22.5 Å². The highest BCUT2D eigenvalue weighted by atomic mass is 16.6. The first-order valence-electron chi connectivity index (χ1n) is 10.2. The van der Waals surface area contributed by atoms with Crippen molar-refractivity contribution in [2.75, 3.05) is 0 Å². The van der Waals surface area contributed by atoms with E-state index in [1.165, 1.54) is 11.6 Å². The molecule has 1 amide bonds. The van der Waals surface area contributed by atoms with Crippen LogP contribution >= 0.6 is 0 Å². The summed E-state index contributed by atoms with van der Waals surface area (Å²) in [5, 5.41) is 12.9. The maximum Gasteiger partial charge on any atom is 0.408 e. The molecule has 2 N–H and O–H groups in total. The number of fused-ring (bicyclic) bond motifs is 1. The van der Waals surface area contributed by atoms with Crippen molar-refractivity contribution in [3.05, 3.63) is 84.1 Å². The highest BCUT2D eigenvalue weighted by molar-refractivity contribution is 5.84. The number of carboxylic acid groups (broad SMARTS) is 1. The van der Waals surface area contributed by atoms with Crippen molar-refractivity contribution in [2.24, 2.45) is 0 Å². The van der Waals surface area contributed by atoms with Gasteiger partial charge in [0.05, 0.1) is 6.04 Å². The molecule has 162 valence electrons. The molecule has 6 heteroatoms. The maximum absolute atomic E-state index is 12.3. The van der Waals surface area contributed by atoms with E-state index in [0.29, 0.717) is 6.42 Å². The van der Waals surface area contributed by atoms with Crippen LogP contribution in [0.2, 0.25) is 0 Å². The SMILES string of the molecule is CC(C)(C)OC(=O)N[C@@H](C=CC(=O)O)Cc1cn(Cc2ccccc2)c2ccccc12. The summed E-state index contributed by atoms with van der Waals surface area (Å²) in [6.07, 6.45) is 4.45. The smallest absolute Gasteiger partial charge is 0.408 e. The summed E-state index contributed by atoms with van der Waals surface area (Å²) in [6, 6.07) is 17.7. The van der Waals surface area contributed by atoms with E-state index >= 15 is 0 Å². The monoisotopic (exact) mass is 420 g/mol. The summed E-state index contributed by atoms with van der Waals surface area (Å²) in [4.78, 5) is 23.3. The molecule has 0 fully saturated rings. The van der Waals surface area contributed by atoms with Crippen LogP contribution in [0.1, 0.15) is 31.9 Å². The molecular weight excluding hydrogens is 392 g/mol. The fourth-order valence-electron chi connectivity index (χ4n) is 3.46.